The number of rotatable bonds is 4. The first-order valence-corrected chi connectivity index (χ1v) is 9.60. The molecule has 3 aromatic rings. The lowest BCUT2D eigenvalue weighted by atomic mass is 9.91. The van der Waals surface area contributed by atoms with Gasteiger partial charge in [-0.15, -0.1) is 0 Å². The third-order valence-corrected chi connectivity index (χ3v) is 6.16. The topological polar surface area (TPSA) is 57.6 Å². The van der Waals surface area contributed by atoms with E-state index in [4.69, 9.17) is 0 Å². The van der Waals surface area contributed by atoms with E-state index in [9.17, 15) is 23.5 Å². The summed E-state index contributed by atoms with van der Waals surface area (Å²) >= 11 is 0. The number of fused-ring (bicyclic) bond motifs is 2. The van der Waals surface area contributed by atoms with Gasteiger partial charge in [0.05, 0.1) is 17.5 Å². The minimum Gasteiger partial charge on any atom is -0.478 e. The second-order valence-corrected chi connectivity index (χ2v) is 7.80. The molecule has 0 radical (unpaired) electrons. The van der Waals surface area contributed by atoms with Crippen molar-refractivity contribution in [1.29, 1.82) is 0 Å². The Balaban J connectivity index is 1.60. The van der Waals surface area contributed by atoms with E-state index in [1.807, 2.05) is 0 Å². The zero-order valence-corrected chi connectivity index (χ0v) is 15.8. The van der Waals surface area contributed by atoms with Gasteiger partial charge in [-0.3, -0.25) is 4.79 Å². The van der Waals surface area contributed by atoms with Crippen LogP contribution in [-0.2, 0) is 16.8 Å². The molecule has 30 heavy (non-hydrogen) atoms. The van der Waals surface area contributed by atoms with Crippen molar-refractivity contribution < 1.29 is 23.5 Å². The Morgan fingerprint density at radius 1 is 1.07 bits per heavy atom. The van der Waals surface area contributed by atoms with Gasteiger partial charge in [0.25, 0.3) is 0 Å². The smallest absolute Gasteiger partial charge is 0.335 e. The van der Waals surface area contributed by atoms with Crippen molar-refractivity contribution >= 4 is 17.6 Å². The van der Waals surface area contributed by atoms with Crippen molar-refractivity contribution in [2.75, 3.05) is 4.90 Å². The SMILES string of the molecule is O=C(O)c1ccc2c(c1)[C@@]1(C[C@H]1c1ccc(F)cc1)C(=O)N2Cc1ccccc1F. The van der Waals surface area contributed by atoms with E-state index in [2.05, 4.69) is 0 Å². The van der Waals surface area contributed by atoms with E-state index in [1.165, 1.54) is 29.2 Å². The van der Waals surface area contributed by atoms with Crippen LogP contribution in [0.5, 0.6) is 0 Å². The molecule has 0 unspecified atom stereocenters. The Bertz CT molecular complexity index is 1190. The zero-order chi connectivity index (χ0) is 21.0. The molecule has 1 N–H and O–H groups in total. The predicted molar refractivity (Wildman–Crippen MR) is 106 cm³/mol. The number of carbonyl (C=O) groups is 2. The summed E-state index contributed by atoms with van der Waals surface area (Å²) in [5.74, 6) is -2.20. The first-order valence-electron chi connectivity index (χ1n) is 9.60. The molecule has 1 aliphatic carbocycles. The van der Waals surface area contributed by atoms with Crippen molar-refractivity contribution in [3.8, 4) is 0 Å². The second kappa shape index (κ2) is 6.49. The van der Waals surface area contributed by atoms with Crippen molar-refractivity contribution in [3.05, 3.63) is 101 Å². The highest BCUT2D eigenvalue weighted by Gasteiger charge is 2.67. The lowest BCUT2D eigenvalue weighted by Gasteiger charge is -2.19. The number of nitrogens with zero attached hydrogens (tertiary/aromatic N) is 1. The van der Waals surface area contributed by atoms with Gasteiger partial charge in [-0.25, -0.2) is 13.6 Å². The van der Waals surface area contributed by atoms with E-state index in [0.29, 0.717) is 23.2 Å². The summed E-state index contributed by atoms with van der Waals surface area (Å²) < 4.78 is 27.6. The number of carboxylic acid groups (broad SMARTS) is 1. The molecule has 1 spiro atoms. The minimum atomic E-state index is -1.08. The number of carboxylic acids is 1. The molecule has 3 aromatic carbocycles. The molecule has 0 bridgehead atoms. The van der Waals surface area contributed by atoms with Crippen LogP contribution in [0.2, 0.25) is 0 Å². The summed E-state index contributed by atoms with van der Waals surface area (Å²) in [7, 11) is 0. The van der Waals surface area contributed by atoms with Gasteiger partial charge in [0.1, 0.15) is 11.6 Å². The Hall–Kier alpha value is -3.54. The molecule has 1 amide bonds. The Kier molecular flexibility index (Phi) is 4.00. The molecule has 6 heteroatoms. The van der Waals surface area contributed by atoms with Gasteiger partial charge in [-0.05, 0) is 53.9 Å². The fourth-order valence-corrected chi connectivity index (χ4v) is 4.58. The van der Waals surface area contributed by atoms with Gasteiger partial charge in [0.2, 0.25) is 5.91 Å². The number of hydrogen-bond donors (Lipinski definition) is 1. The average molecular weight is 405 g/mol. The van der Waals surface area contributed by atoms with E-state index >= 15 is 0 Å². The van der Waals surface area contributed by atoms with Crippen LogP contribution < -0.4 is 4.90 Å². The van der Waals surface area contributed by atoms with Crippen LogP contribution >= 0.6 is 0 Å². The van der Waals surface area contributed by atoms with Crippen LogP contribution in [0.15, 0.2) is 66.7 Å². The van der Waals surface area contributed by atoms with Gasteiger partial charge in [-0.1, -0.05) is 30.3 Å². The maximum absolute atomic E-state index is 14.3. The summed E-state index contributed by atoms with van der Waals surface area (Å²) in [6.45, 7) is 0.0583. The number of hydrogen-bond acceptors (Lipinski definition) is 2. The normalized spacial score (nSPS) is 21.7. The lowest BCUT2D eigenvalue weighted by Crippen LogP contribution is -2.32. The summed E-state index contributed by atoms with van der Waals surface area (Å²) in [6.07, 6.45) is 0.501. The maximum atomic E-state index is 14.3. The Morgan fingerprint density at radius 3 is 2.50 bits per heavy atom. The van der Waals surface area contributed by atoms with Gasteiger partial charge < -0.3 is 10.0 Å². The molecule has 0 aromatic heterocycles. The maximum Gasteiger partial charge on any atom is 0.335 e. The second-order valence-electron chi connectivity index (χ2n) is 7.80. The van der Waals surface area contributed by atoms with Crippen LogP contribution in [0, 0.1) is 11.6 Å². The van der Waals surface area contributed by atoms with Gasteiger partial charge in [0, 0.05) is 17.2 Å². The molecule has 1 fully saturated rings. The van der Waals surface area contributed by atoms with Gasteiger partial charge in [0.15, 0.2) is 0 Å². The van der Waals surface area contributed by atoms with Crippen LogP contribution in [0.4, 0.5) is 14.5 Å². The van der Waals surface area contributed by atoms with Crippen molar-refractivity contribution in [2.24, 2.45) is 0 Å². The molecule has 4 nitrogen and oxygen atoms in total. The van der Waals surface area contributed by atoms with Gasteiger partial charge >= 0.3 is 5.97 Å². The highest BCUT2D eigenvalue weighted by molar-refractivity contribution is 6.12. The van der Waals surface area contributed by atoms with Crippen molar-refractivity contribution in [1.82, 2.24) is 0 Å². The van der Waals surface area contributed by atoms with E-state index in [0.717, 1.165) is 5.56 Å². The lowest BCUT2D eigenvalue weighted by molar-refractivity contribution is -0.120. The molecule has 2 aliphatic rings. The van der Waals surface area contributed by atoms with Crippen LogP contribution in [0.3, 0.4) is 0 Å². The number of amides is 1. The molecule has 5 rings (SSSR count). The quantitative estimate of drug-likeness (QED) is 0.688. The highest BCUT2D eigenvalue weighted by atomic mass is 19.1. The largest absolute Gasteiger partial charge is 0.478 e. The molecule has 2 atom stereocenters. The number of benzene rings is 3. The number of halogens is 2. The van der Waals surface area contributed by atoms with Crippen LogP contribution in [0.25, 0.3) is 0 Å². The summed E-state index contributed by atoms with van der Waals surface area (Å²) in [5, 5.41) is 9.43. The standard InChI is InChI=1S/C24H17F2NO3/c25-17-8-5-14(6-9-17)19-12-24(19)18-11-15(22(28)29)7-10-21(18)27(23(24)30)13-16-3-1-2-4-20(16)26/h1-11,19H,12-13H2,(H,28,29)/t19-,24+/m0/s1. The molecule has 150 valence electrons. The van der Waals surface area contributed by atoms with Gasteiger partial charge in [-0.2, -0.15) is 0 Å². The number of anilines is 1. The third-order valence-electron chi connectivity index (χ3n) is 6.16. The van der Waals surface area contributed by atoms with Crippen LogP contribution in [-0.4, -0.2) is 17.0 Å². The fourth-order valence-electron chi connectivity index (χ4n) is 4.58. The number of aromatic carboxylic acids is 1. The summed E-state index contributed by atoms with van der Waals surface area (Å²) in [6, 6.07) is 16.9. The first kappa shape index (κ1) is 18.5. The van der Waals surface area contributed by atoms with E-state index < -0.39 is 17.2 Å². The minimum absolute atomic E-state index is 0.0583. The zero-order valence-electron chi connectivity index (χ0n) is 15.8. The van der Waals surface area contributed by atoms with Crippen molar-refractivity contribution in [3.63, 3.8) is 0 Å². The number of carbonyl (C=O) groups excluding carboxylic acids is 1. The molecule has 1 heterocycles. The van der Waals surface area contributed by atoms with Crippen LogP contribution in [0.1, 0.15) is 39.4 Å². The summed E-state index contributed by atoms with van der Waals surface area (Å²) in [5.41, 5.74) is 1.64. The molecular weight excluding hydrogens is 388 g/mol. The molecular formula is C24H17F2NO3. The molecule has 1 saturated carbocycles. The first-order chi connectivity index (χ1) is 14.4. The molecule has 0 saturated heterocycles. The predicted octanol–water partition coefficient (Wildman–Crippen LogP) is 4.64. The third kappa shape index (κ3) is 2.64. The van der Waals surface area contributed by atoms with Crippen molar-refractivity contribution in [2.45, 2.75) is 24.3 Å². The van der Waals surface area contributed by atoms with E-state index in [1.54, 1.807) is 42.5 Å². The fraction of sp³-hybridized carbons (Fsp3) is 0.167. The Labute approximate surface area is 171 Å². The van der Waals surface area contributed by atoms with E-state index in [-0.39, 0.29) is 29.8 Å². The molecule has 1 aliphatic heterocycles. The summed E-state index contributed by atoms with van der Waals surface area (Å²) in [4.78, 5) is 26.6. The monoisotopic (exact) mass is 405 g/mol. The Morgan fingerprint density at radius 2 is 1.80 bits per heavy atom. The highest BCUT2D eigenvalue weighted by Crippen LogP contribution is 2.66. The average Bonchev–Trinajstić information content (AvgIpc) is 3.45.